The summed E-state index contributed by atoms with van der Waals surface area (Å²) in [5, 5.41) is 9.48. The number of fused-ring (bicyclic) bond motifs is 1. The maximum absolute atomic E-state index is 4.80. The molecule has 0 aliphatic heterocycles. The van der Waals surface area contributed by atoms with Gasteiger partial charge in [0.25, 0.3) is 0 Å². The lowest BCUT2D eigenvalue weighted by atomic mass is 9.72. The Bertz CT molecular complexity index is 793. The molecule has 1 aromatic heterocycles. The van der Waals surface area contributed by atoms with E-state index in [-0.39, 0.29) is 0 Å². The smallest absolute Gasteiger partial charge is 0.211 e. The van der Waals surface area contributed by atoms with Crippen molar-refractivity contribution in [3.63, 3.8) is 0 Å². The molecule has 1 atom stereocenters. The van der Waals surface area contributed by atoms with Gasteiger partial charge in [0.2, 0.25) is 4.80 Å². The molecule has 3 nitrogen and oxygen atoms in total. The normalized spacial score (nSPS) is 25.6. The first-order chi connectivity index (χ1) is 11.8. The van der Waals surface area contributed by atoms with Gasteiger partial charge in [0.05, 0.1) is 10.2 Å². The van der Waals surface area contributed by atoms with E-state index < -0.39 is 0 Å². The van der Waals surface area contributed by atoms with Gasteiger partial charge in [-0.15, -0.1) is 5.10 Å². The van der Waals surface area contributed by atoms with E-state index in [4.69, 9.17) is 5.10 Å². The molecule has 2 fully saturated rings. The lowest BCUT2D eigenvalue weighted by Gasteiger charge is -2.33. The number of nitrogens with zero attached hydrogens (tertiary/aromatic N) is 3. The second kappa shape index (κ2) is 7.22. The third-order valence-electron chi connectivity index (χ3n) is 5.82. The van der Waals surface area contributed by atoms with Crippen LogP contribution in [0.2, 0.25) is 0 Å². The van der Waals surface area contributed by atoms with E-state index in [1.807, 2.05) is 0 Å². The SMILES string of the molecule is Cn1/c(=N\N=C2\CCCCC2C2CCCCC2)sc2ccccc21. The second-order valence-corrected chi connectivity index (χ2v) is 8.36. The van der Waals surface area contributed by atoms with Crippen LogP contribution in [-0.4, -0.2) is 10.3 Å². The van der Waals surface area contributed by atoms with Gasteiger partial charge in [-0.3, -0.25) is 0 Å². The van der Waals surface area contributed by atoms with Gasteiger partial charge in [0.15, 0.2) is 0 Å². The summed E-state index contributed by atoms with van der Waals surface area (Å²) in [5.74, 6) is 1.56. The molecule has 4 rings (SSSR count). The lowest BCUT2D eigenvalue weighted by Crippen LogP contribution is -2.28. The third-order valence-corrected chi connectivity index (χ3v) is 6.93. The number of aryl methyl sites for hydroxylation is 1. The van der Waals surface area contributed by atoms with Crippen LogP contribution >= 0.6 is 11.3 Å². The highest BCUT2D eigenvalue weighted by Gasteiger charge is 2.29. The molecule has 24 heavy (non-hydrogen) atoms. The molecule has 2 aliphatic rings. The highest BCUT2D eigenvalue weighted by molar-refractivity contribution is 7.16. The fourth-order valence-electron chi connectivity index (χ4n) is 4.48. The average molecular weight is 342 g/mol. The first-order valence-corrected chi connectivity index (χ1v) is 10.3. The van der Waals surface area contributed by atoms with Crippen LogP contribution in [0, 0.1) is 11.8 Å². The van der Waals surface area contributed by atoms with Crippen molar-refractivity contribution in [2.75, 3.05) is 0 Å². The zero-order valence-corrected chi connectivity index (χ0v) is 15.4. The molecule has 2 aromatic rings. The van der Waals surface area contributed by atoms with Crippen LogP contribution in [0.5, 0.6) is 0 Å². The molecule has 1 unspecified atom stereocenters. The molecule has 0 radical (unpaired) electrons. The van der Waals surface area contributed by atoms with Crippen LogP contribution in [0.3, 0.4) is 0 Å². The zero-order chi connectivity index (χ0) is 16.4. The van der Waals surface area contributed by atoms with Crippen molar-refractivity contribution in [1.82, 2.24) is 4.57 Å². The molecule has 2 aliphatic carbocycles. The summed E-state index contributed by atoms with van der Waals surface area (Å²) in [6, 6.07) is 8.50. The molecule has 0 spiro atoms. The Kier molecular flexibility index (Phi) is 4.83. The molecule has 128 valence electrons. The largest absolute Gasteiger partial charge is 0.318 e. The summed E-state index contributed by atoms with van der Waals surface area (Å²) in [7, 11) is 2.09. The molecule has 4 heteroatoms. The lowest BCUT2D eigenvalue weighted by molar-refractivity contribution is 0.274. The van der Waals surface area contributed by atoms with Crippen LogP contribution in [-0.2, 0) is 7.05 Å². The molecule has 0 N–H and O–H groups in total. The summed E-state index contributed by atoms with van der Waals surface area (Å²) in [4.78, 5) is 1.01. The molecule has 0 bridgehead atoms. The van der Waals surface area contributed by atoms with Gasteiger partial charge in [0, 0.05) is 18.7 Å². The number of rotatable bonds is 2. The van der Waals surface area contributed by atoms with Crippen LogP contribution in [0.15, 0.2) is 34.5 Å². The van der Waals surface area contributed by atoms with Crippen molar-refractivity contribution in [3.05, 3.63) is 29.1 Å². The predicted molar refractivity (Wildman–Crippen MR) is 102 cm³/mol. The van der Waals surface area contributed by atoms with Gasteiger partial charge in [-0.25, -0.2) is 0 Å². The minimum absolute atomic E-state index is 0.697. The Morgan fingerprint density at radius 3 is 2.58 bits per heavy atom. The van der Waals surface area contributed by atoms with Crippen molar-refractivity contribution in [1.29, 1.82) is 0 Å². The predicted octanol–water partition coefficient (Wildman–Crippen LogP) is 5.27. The molecule has 1 aromatic carbocycles. The van der Waals surface area contributed by atoms with Crippen LogP contribution < -0.4 is 4.80 Å². The first-order valence-electron chi connectivity index (χ1n) is 9.48. The molecular formula is C20H27N3S. The minimum atomic E-state index is 0.697. The number of hydrogen-bond acceptors (Lipinski definition) is 3. The monoisotopic (exact) mass is 341 g/mol. The van der Waals surface area contributed by atoms with E-state index in [2.05, 4.69) is 41.0 Å². The number of aromatic nitrogens is 1. The Labute approximate surface area is 148 Å². The Hall–Kier alpha value is -1.42. The summed E-state index contributed by atoms with van der Waals surface area (Å²) in [6.07, 6.45) is 12.2. The van der Waals surface area contributed by atoms with Crippen LogP contribution in [0.1, 0.15) is 57.8 Å². The van der Waals surface area contributed by atoms with Crippen molar-refractivity contribution in [3.8, 4) is 0 Å². The van der Waals surface area contributed by atoms with Crippen molar-refractivity contribution in [2.24, 2.45) is 29.1 Å². The minimum Gasteiger partial charge on any atom is -0.318 e. The van der Waals surface area contributed by atoms with E-state index in [1.165, 1.54) is 67.3 Å². The van der Waals surface area contributed by atoms with Crippen molar-refractivity contribution < 1.29 is 0 Å². The first kappa shape index (κ1) is 16.1. The Morgan fingerprint density at radius 2 is 1.75 bits per heavy atom. The van der Waals surface area contributed by atoms with E-state index in [0.29, 0.717) is 5.92 Å². The van der Waals surface area contributed by atoms with E-state index in [1.54, 1.807) is 11.3 Å². The van der Waals surface area contributed by atoms with Crippen LogP contribution in [0.4, 0.5) is 0 Å². The molecule has 0 saturated heterocycles. The summed E-state index contributed by atoms with van der Waals surface area (Å²) >= 11 is 1.74. The number of para-hydroxylation sites is 1. The molecular weight excluding hydrogens is 314 g/mol. The van der Waals surface area contributed by atoms with E-state index in [9.17, 15) is 0 Å². The van der Waals surface area contributed by atoms with Gasteiger partial charge in [0.1, 0.15) is 0 Å². The number of hydrogen-bond donors (Lipinski definition) is 0. The van der Waals surface area contributed by atoms with Gasteiger partial charge < -0.3 is 4.57 Å². The fourth-order valence-corrected chi connectivity index (χ4v) is 5.45. The van der Waals surface area contributed by atoms with Crippen molar-refractivity contribution >= 4 is 27.3 Å². The Balaban J connectivity index is 1.65. The maximum atomic E-state index is 4.80. The standard InChI is InChI=1S/C20H27N3S/c1-23-18-13-7-8-14-19(18)24-20(23)22-21-17-12-6-5-11-16(17)15-9-3-2-4-10-15/h7-8,13-16H,2-6,9-12H2,1H3/b21-17-,22-20+. The summed E-state index contributed by atoms with van der Waals surface area (Å²) in [5.41, 5.74) is 2.62. The number of thiazole rings is 1. The topological polar surface area (TPSA) is 29.6 Å². The van der Waals surface area contributed by atoms with Crippen LogP contribution in [0.25, 0.3) is 10.2 Å². The highest BCUT2D eigenvalue weighted by Crippen LogP contribution is 2.37. The third kappa shape index (κ3) is 3.21. The Morgan fingerprint density at radius 1 is 0.958 bits per heavy atom. The van der Waals surface area contributed by atoms with Gasteiger partial charge in [-0.2, -0.15) is 5.10 Å². The maximum Gasteiger partial charge on any atom is 0.211 e. The molecule has 2 saturated carbocycles. The molecule has 0 amide bonds. The molecule has 1 heterocycles. The van der Waals surface area contributed by atoms with E-state index >= 15 is 0 Å². The zero-order valence-electron chi connectivity index (χ0n) is 14.6. The number of benzene rings is 1. The quantitative estimate of drug-likeness (QED) is 0.666. The summed E-state index contributed by atoms with van der Waals surface area (Å²) in [6.45, 7) is 0. The van der Waals surface area contributed by atoms with Crippen molar-refractivity contribution in [2.45, 2.75) is 57.8 Å². The second-order valence-electron chi connectivity index (χ2n) is 7.35. The highest BCUT2D eigenvalue weighted by atomic mass is 32.1. The summed E-state index contributed by atoms with van der Waals surface area (Å²) < 4.78 is 3.45. The van der Waals surface area contributed by atoms with Gasteiger partial charge in [-0.05, 0) is 50.2 Å². The fraction of sp³-hybridized carbons (Fsp3) is 0.600. The van der Waals surface area contributed by atoms with Gasteiger partial charge >= 0.3 is 0 Å². The average Bonchev–Trinajstić information content (AvgIpc) is 2.97. The van der Waals surface area contributed by atoms with E-state index in [0.717, 1.165) is 17.1 Å². The van der Waals surface area contributed by atoms with Gasteiger partial charge in [-0.1, -0.05) is 49.2 Å².